The number of hydrogen-bond donors (Lipinski definition) is 2. The van der Waals surface area contributed by atoms with Gasteiger partial charge in [-0.25, -0.2) is 4.98 Å². The molecular formula is C13H13N3O3. The summed E-state index contributed by atoms with van der Waals surface area (Å²) in [6, 6.07) is 3.33. The predicted octanol–water partition coefficient (Wildman–Crippen LogP) is 0.449. The number of nitrogens with one attached hydrogen (secondary N) is 1. The molecule has 0 atom stereocenters. The number of carbonyl (C=O) groups excluding carboxylic acids is 1. The topological polar surface area (TPSA) is 98.1 Å². The van der Waals surface area contributed by atoms with E-state index in [1.54, 1.807) is 12.1 Å². The zero-order valence-corrected chi connectivity index (χ0v) is 10.4. The fourth-order valence-electron chi connectivity index (χ4n) is 2.41. The van der Waals surface area contributed by atoms with Gasteiger partial charge >= 0.3 is 0 Å². The first-order chi connectivity index (χ1) is 9.08. The summed E-state index contributed by atoms with van der Waals surface area (Å²) >= 11 is 0. The zero-order chi connectivity index (χ0) is 13.6. The highest BCUT2D eigenvalue weighted by Gasteiger charge is 2.51. The monoisotopic (exact) mass is 259 g/mol. The number of rotatable bonds is 3. The van der Waals surface area contributed by atoms with Crippen LogP contribution in [0, 0.1) is 0 Å². The number of aromatic nitrogens is 2. The van der Waals surface area contributed by atoms with Crippen LogP contribution in [0.25, 0.3) is 10.9 Å². The smallest absolute Gasteiger partial charge is 0.258 e. The largest absolute Gasteiger partial charge is 0.496 e. The Kier molecular flexibility index (Phi) is 2.35. The van der Waals surface area contributed by atoms with Gasteiger partial charge in [-0.2, -0.15) is 0 Å². The standard InChI is InChI=1S/C13H13N3O3/c1-19-10-5-9-7(11(17)16-6-15-9)4-8(10)13(2-3-13)12(14)18/h4-6H,2-3H2,1H3,(H2,14,18)(H,15,16,17). The quantitative estimate of drug-likeness (QED) is 0.836. The van der Waals surface area contributed by atoms with E-state index < -0.39 is 5.41 Å². The molecular weight excluding hydrogens is 246 g/mol. The number of carbonyl (C=O) groups is 1. The molecule has 1 amide bonds. The fourth-order valence-corrected chi connectivity index (χ4v) is 2.41. The molecule has 1 aromatic heterocycles. The SMILES string of the molecule is COc1cc2nc[nH]c(=O)c2cc1C1(C(N)=O)CC1. The average molecular weight is 259 g/mol. The van der Waals surface area contributed by atoms with Gasteiger partial charge in [0.05, 0.1) is 29.8 Å². The van der Waals surface area contributed by atoms with Crippen molar-refractivity contribution in [2.24, 2.45) is 5.73 Å². The number of hydrogen-bond acceptors (Lipinski definition) is 4. The van der Waals surface area contributed by atoms with Crippen molar-refractivity contribution in [3.63, 3.8) is 0 Å². The molecule has 1 fully saturated rings. The summed E-state index contributed by atoms with van der Waals surface area (Å²) in [5, 5.41) is 0.436. The van der Waals surface area contributed by atoms with Crippen LogP contribution < -0.4 is 16.0 Å². The van der Waals surface area contributed by atoms with E-state index in [-0.39, 0.29) is 11.5 Å². The van der Waals surface area contributed by atoms with E-state index in [9.17, 15) is 9.59 Å². The van der Waals surface area contributed by atoms with Crippen molar-refractivity contribution in [2.45, 2.75) is 18.3 Å². The molecule has 1 aromatic carbocycles. The van der Waals surface area contributed by atoms with Crippen molar-refractivity contribution < 1.29 is 9.53 Å². The lowest BCUT2D eigenvalue weighted by molar-refractivity contribution is -0.120. The van der Waals surface area contributed by atoms with Crippen molar-refractivity contribution in [1.29, 1.82) is 0 Å². The van der Waals surface area contributed by atoms with Crippen molar-refractivity contribution in [3.05, 3.63) is 34.4 Å². The number of fused-ring (bicyclic) bond motifs is 1. The molecule has 6 heteroatoms. The number of H-pyrrole nitrogens is 1. The second kappa shape index (κ2) is 3.81. The minimum Gasteiger partial charge on any atom is -0.496 e. The fraction of sp³-hybridized carbons (Fsp3) is 0.308. The molecule has 0 aliphatic heterocycles. The molecule has 1 heterocycles. The van der Waals surface area contributed by atoms with Crippen LogP contribution in [0.1, 0.15) is 18.4 Å². The minimum atomic E-state index is -0.693. The van der Waals surface area contributed by atoms with Gasteiger partial charge in [-0.05, 0) is 18.9 Å². The van der Waals surface area contributed by atoms with E-state index >= 15 is 0 Å². The van der Waals surface area contributed by atoms with Gasteiger partial charge in [-0.15, -0.1) is 0 Å². The molecule has 1 aliphatic carbocycles. The van der Waals surface area contributed by atoms with Crippen molar-refractivity contribution in [3.8, 4) is 5.75 Å². The van der Waals surface area contributed by atoms with Gasteiger partial charge in [-0.3, -0.25) is 9.59 Å². The summed E-state index contributed by atoms with van der Waals surface area (Å²) in [5.74, 6) is 0.160. The number of aromatic amines is 1. The highest BCUT2D eigenvalue weighted by atomic mass is 16.5. The molecule has 1 aliphatic rings. The van der Waals surface area contributed by atoms with Gasteiger partial charge < -0.3 is 15.5 Å². The molecule has 3 N–H and O–H groups in total. The van der Waals surface area contributed by atoms with Gasteiger partial charge in [0.2, 0.25) is 5.91 Å². The summed E-state index contributed by atoms with van der Waals surface area (Å²) in [6.07, 6.45) is 2.70. The Bertz CT molecular complexity index is 731. The molecule has 6 nitrogen and oxygen atoms in total. The normalized spacial score (nSPS) is 16.3. The van der Waals surface area contributed by atoms with Crippen molar-refractivity contribution in [1.82, 2.24) is 9.97 Å². The summed E-state index contributed by atoms with van der Waals surface area (Å²) in [4.78, 5) is 30.0. The van der Waals surface area contributed by atoms with E-state index in [0.29, 0.717) is 35.1 Å². The Labute approximate surface area is 108 Å². The average Bonchev–Trinajstić information content (AvgIpc) is 3.19. The van der Waals surface area contributed by atoms with E-state index in [4.69, 9.17) is 10.5 Å². The molecule has 0 spiro atoms. The molecule has 1 saturated carbocycles. The second-order valence-corrected chi connectivity index (χ2v) is 4.75. The lowest BCUT2D eigenvalue weighted by atomic mass is 9.93. The summed E-state index contributed by atoms with van der Waals surface area (Å²) < 4.78 is 5.31. The molecule has 0 radical (unpaired) electrons. The molecule has 0 unspecified atom stereocenters. The number of nitrogens with two attached hydrogens (primary N) is 1. The molecule has 19 heavy (non-hydrogen) atoms. The Morgan fingerprint density at radius 3 is 2.79 bits per heavy atom. The van der Waals surface area contributed by atoms with Crippen molar-refractivity contribution >= 4 is 16.8 Å². The number of primary amides is 1. The second-order valence-electron chi connectivity index (χ2n) is 4.75. The minimum absolute atomic E-state index is 0.242. The van der Waals surface area contributed by atoms with Crippen molar-refractivity contribution in [2.75, 3.05) is 7.11 Å². The van der Waals surface area contributed by atoms with Crippen LogP contribution in [0.5, 0.6) is 5.75 Å². The zero-order valence-electron chi connectivity index (χ0n) is 10.4. The lowest BCUT2D eigenvalue weighted by Gasteiger charge is -2.16. The Morgan fingerprint density at radius 2 is 2.21 bits per heavy atom. The molecule has 3 rings (SSSR count). The van der Waals surface area contributed by atoms with E-state index in [1.807, 2.05) is 0 Å². The van der Waals surface area contributed by atoms with E-state index in [0.717, 1.165) is 0 Å². The van der Waals surface area contributed by atoms with Crippen LogP contribution in [0.2, 0.25) is 0 Å². The number of methoxy groups -OCH3 is 1. The van der Waals surface area contributed by atoms with Gasteiger partial charge in [0.1, 0.15) is 5.75 Å². The van der Waals surface area contributed by atoms with E-state index in [1.165, 1.54) is 13.4 Å². The number of benzene rings is 1. The van der Waals surface area contributed by atoms with Gasteiger partial charge in [0.25, 0.3) is 5.56 Å². The maximum absolute atomic E-state index is 11.8. The van der Waals surface area contributed by atoms with Crippen LogP contribution in [0.15, 0.2) is 23.3 Å². The maximum Gasteiger partial charge on any atom is 0.258 e. The number of nitrogens with zero attached hydrogens (tertiary/aromatic N) is 1. The molecule has 0 bridgehead atoms. The third-order valence-corrected chi connectivity index (χ3v) is 3.70. The van der Waals surface area contributed by atoms with Crippen LogP contribution in [0.4, 0.5) is 0 Å². The summed E-state index contributed by atoms with van der Waals surface area (Å²) in [5.41, 5.74) is 5.75. The summed E-state index contributed by atoms with van der Waals surface area (Å²) in [6.45, 7) is 0. The third-order valence-electron chi connectivity index (χ3n) is 3.70. The van der Waals surface area contributed by atoms with Crippen LogP contribution in [-0.2, 0) is 10.2 Å². The van der Waals surface area contributed by atoms with Crippen LogP contribution >= 0.6 is 0 Å². The lowest BCUT2D eigenvalue weighted by Crippen LogP contribution is -2.29. The summed E-state index contributed by atoms with van der Waals surface area (Å²) in [7, 11) is 1.52. The molecule has 2 aromatic rings. The predicted molar refractivity (Wildman–Crippen MR) is 69.0 cm³/mol. The van der Waals surface area contributed by atoms with E-state index in [2.05, 4.69) is 9.97 Å². The first-order valence-corrected chi connectivity index (χ1v) is 5.94. The first kappa shape index (κ1) is 11.7. The van der Waals surface area contributed by atoms with Gasteiger partial charge in [0, 0.05) is 11.6 Å². The number of amides is 1. The highest BCUT2D eigenvalue weighted by Crippen LogP contribution is 2.51. The van der Waals surface area contributed by atoms with Gasteiger partial charge in [-0.1, -0.05) is 0 Å². The first-order valence-electron chi connectivity index (χ1n) is 5.94. The van der Waals surface area contributed by atoms with Gasteiger partial charge in [0.15, 0.2) is 0 Å². The Balaban J connectivity index is 2.32. The Hall–Kier alpha value is -2.37. The van der Waals surface area contributed by atoms with Crippen LogP contribution in [-0.4, -0.2) is 23.0 Å². The molecule has 0 saturated heterocycles. The highest BCUT2D eigenvalue weighted by molar-refractivity contribution is 5.93. The molecule has 98 valence electrons. The van der Waals surface area contributed by atoms with Crippen LogP contribution in [0.3, 0.4) is 0 Å². The third kappa shape index (κ3) is 1.60. The maximum atomic E-state index is 11.8. The number of ether oxygens (including phenoxy) is 1. The Morgan fingerprint density at radius 1 is 1.47 bits per heavy atom.